The minimum atomic E-state index is -0.333. The van der Waals surface area contributed by atoms with Crippen molar-refractivity contribution in [3.63, 3.8) is 0 Å². The van der Waals surface area contributed by atoms with E-state index in [9.17, 15) is 9.59 Å². The summed E-state index contributed by atoms with van der Waals surface area (Å²) in [5, 5.41) is 6.38. The number of rotatable bonds is 3. The Morgan fingerprint density at radius 1 is 1.29 bits per heavy atom. The van der Waals surface area contributed by atoms with Gasteiger partial charge in [0, 0.05) is 0 Å². The van der Waals surface area contributed by atoms with Crippen molar-refractivity contribution >= 4 is 17.9 Å². The van der Waals surface area contributed by atoms with Crippen molar-refractivity contribution in [3.05, 3.63) is 41.6 Å². The highest BCUT2D eigenvalue weighted by Crippen LogP contribution is 2.11. The fourth-order valence-electron chi connectivity index (χ4n) is 1.65. The molecule has 1 heterocycles. The minimum Gasteiger partial charge on any atom is -0.323 e. The molecule has 1 aromatic carbocycles. The molecule has 0 saturated carbocycles. The summed E-state index contributed by atoms with van der Waals surface area (Å²) in [4.78, 5) is 28.6. The zero-order chi connectivity index (χ0) is 15.7. The molecule has 1 aromatic rings. The number of hydrogen-bond donors (Lipinski definition) is 2. The summed E-state index contributed by atoms with van der Waals surface area (Å²) in [5.74, 6) is -0.592. The van der Waals surface area contributed by atoms with Gasteiger partial charge in [0.1, 0.15) is 12.2 Å². The molecule has 0 spiro atoms. The van der Waals surface area contributed by atoms with Crippen molar-refractivity contribution in [3.8, 4) is 0 Å². The molecule has 0 unspecified atom stereocenters. The smallest absolute Gasteiger partial charge is 0.294 e. The van der Waals surface area contributed by atoms with Gasteiger partial charge in [0.05, 0.1) is 6.61 Å². The van der Waals surface area contributed by atoms with E-state index in [2.05, 4.69) is 10.6 Å². The molecular formula is C15H21N3O3. The number of nitrogens with zero attached hydrogens (tertiary/aromatic N) is 1. The molecule has 1 aliphatic heterocycles. The molecule has 1 fully saturated rings. The van der Waals surface area contributed by atoms with E-state index in [0.29, 0.717) is 6.61 Å². The van der Waals surface area contributed by atoms with E-state index in [-0.39, 0.29) is 24.1 Å². The maximum Gasteiger partial charge on any atom is 0.294 e. The van der Waals surface area contributed by atoms with Crippen LogP contribution in [-0.2, 0) is 14.4 Å². The second-order valence-electron chi connectivity index (χ2n) is 4.28. The van der Waals surface area contributed by atoms with E-state index < -0.39 is 0 Å². The zero-order valence-corrected chi connectivity index (χ0v) is 12.6. The Morgan fingerprint density at radius 3 is 2.48 bits per heavy atom. The van der Waals surface area contributed by atoms with Crippen molar-refractivity contribution in [2.24, 2.45) is 0 Å². The fraction of sp³-hybridized carbons (Fsp3) is 0.333. The van der Waals surface area contributed by atoms with Gasteiger partial charge in [-0.1, -0.05) is 30.3 Å². The average molecular weight is 291 g/mol. The third-order valence-electron chi connectivity index (χ3n) is 2.41. The summed E-state index contributed by atoms with van der Waals surface area (Å²) in [5.41, 5.74) is 1.07. The minimum absolute atomic E-state index is 0.0706. The van der Waals surface area contributed by atoms with Gasteiger partial charge in [0.2, 0.25) is 5.91 Å². The lowest BCUT2D eigenvalue weighted by atomic mass is 10.1. The van der Waals surface area contributed by atoms with Crippen LogP contribution < -0.4 is 10.6 Å². The van der Waals surface area contributed by atoms with E-state index in [1.54, 1.807) is 13.0 Å². The molecular weight excluding hydrogens is 270 g/mol. The van der Waals surface area contributed by atoms with E-state index in [1.165, 1.54) is 0 Å². The summed E-state index contributed by atoms with van der Waals surface area (Å²) in [6.07, 6.45) is 1.63. The second kappa shape index (κ2) is 8.89. The van der Waals surface area contributed by atoms with Gasteiger partial charge in [-0.15, -0.1) is 0 Å². The van der Waals surface area contributed by atoms with Gasteiger partial charge in [-0.2, -0.15) is 0 Å². The largest absolute Gasteiger partial charge is 0.323 e. The number of hydroxylamine groups is 2. The van der Waals surface area contributed by atoms with Crippen LogP contribution in [0.15, 0.2) is 36.0 Å². The normalized spacial score (nSPS) is 16.3. The lowest BCUT2D eigenvalue weighted by molar-refractivity contribution is -0.186. The lowest BCUT2D eigenvalue weighted by Crippen LogP contribution is -2.49. The van der Waals surface area contributed by atoms with Crippen LogP contribution in [0.4, 0.5) is 0 Å². The second-order valence-corrected chi connectivity index (χ2v) is 4.28. The van der Waals surface area contributed by atoms with Crippen molar-refractivity contribution in [1.29, 1.82) is 0 Å². The maximum atomic E-state index is 12.0. The van der Waals surface area contributed by atoms with Gasteiger partial charge in [0.25, 0.3) is 5.91 Å². The molecule has 2 amide bonds. The van der Waals surface area contributed by atoms with Crippen molar-refractivity contribution in [1.82, 2.24) is 15.7 Å². The number of hydrogen-bond acceptors (Lipinski definition) is 4. The summed E-state index contributed by atoms with van der Waals surface area (Å²) in [7, 11) is 3.75. The van der Waals surface area contributed by atoms with Gasteiger partial charge in [-0.3, -0.25) is 14.4 Å². The highest BCUT2D eigenvalue weighted by Gasteiger charge is 2.28. The molecule has 114 valence electrons. The van der Waals surface area contributed by atoms with Crippen molar-refractivity contribution in [2.75, 3.05) is 27.2 Å². The molecule has 6 nitrogen and oxygen atoms in total. The fourth-order valence-corrected chi connectivity index (χ4v) is 1.65. The predicted molar refractivity (Wildman–Crippen MR) is 80.9 cm³/mol. The van der Waals surface area contributed by atoms with Crippen LogP contribution >= 0.6 is 0 Å². The van der Waals surface area contributed by atoms with Crippen LogP contribution in [0.3, 0.4) is 0 Å². The SMILES string of the molecule is CCON1CC(=O)NC(=Cc2ccccc2)C1=O.CNC. The highest BCUT2D eigenvalue weighted by atomic mass is 16.7. The summed E-state index contributed by atoms with van der Waals surface area (Å²) in [6, 6.07) is 9.32. The number of carbonyl (C=O) groups excluding carboxylic acids is 2. The Morgan fingerprint density at radius 2 is 1.90 bits per heavy atom. The van der Waals surface area contributed by atoms with E-state index in [1.807, 2.05) is 44.4 Å². The van der Waals surface area contributed by atoms with Gasteiger partial charge in [-0.25, -0.2) is 5.06 Å². The van der Waals surface area contributed by atoms with Gasteiger partial charge in [0.15, 0.2) is 0 Å². The van der Waals surface area contributed by atoms with E-state index >= 15 is 0 Å². The topological polar surface area (TPSA) is 70.7 Å². The van der Waals surface area contributed by atoms with Crippen LogP contribution in [0.5, 0.6) is 0 Å². The van der Waals surface area contributed by atoms with E-state index in [4.69, 9.17) is 4.84 Å². The summed E-state index contributed by atoms with van der Waals surface area (Å²) >= 11 is 0. The Kier molecular flexibility index (Phi) is 7.14. The third-order valence-corrected chi connectivity index (χ3v) is 2.41. The summed E-state index contributed by atoms with van der Waals surface area (Å²) in [6.45, 7) is 2.04. The lowest BCUT2D eigenvalue weighted by Gasteiger charge is -2.26. The maximum absolute atomic E-state index is 12.0. The van der Waals surface area contributed by atoms with E-state index in [0.717, 1.165) is 10.6 Å². The number of carbonyl (C=O) groups is 2. The first-order valence-electron chi connectivity index (χ1n) is 6.72. The molecule has 0 bridgehead atoms. The zero-order valence-electron chi connectivity index (χ0n) is 12.6. The van der Waals surface area contributed by atoms with Crippen LogP contribution in [-0.4, -0.2) is 44.1 Å². The standard InChI is InChI=1S/C13H14N2O3.C2H7N/c1-2-18-15-9-12(16)14-11(13(15)17)8-10-6-4-3-5-7-10;1-3-2/h3-8H,2,9H2,1H3,(H,14,16);3H,1-2H3. The van der Waals surface area contributed by atoms with Crippen molar-refractivity contribution in [2.45, 2.75) is 6.92 Å². The molecule has 0 atom stereocenters. The first kappa shape index (κ1) is 16.9. The molecule has 2 N–H and O–H groups in total. The molecule has 0 aromatic heterocycles. The Hall–Kier alpha value is -2.18. The average Bonchev–Trinajstić information content (AvgIpc) is 2.46. The first-order valence-corrected chi connectivity index (χ1v) is 6.72. The molecule has 6 heteroatoms. The molecule has 1 aliphatic rings. The van der Waals surface area contributed by atoms with Gasteiger partial charge in [-0.05, 0) is 32.7 Å². The summed E-state index contributed by atoms with van der Waals surface area (Å²) < 4.78 is 0. The molecule has 0 aliphatic carbocycles. The first-order chi connectivity index (χ1) is 10.1. The number of amides is 2. The molecule has 1 saturated heterocycles. The number of benzene rings is 1. The molecule has 0 radical (unpaired) electrons. The van der Waals surface area contributed by atoms with Crippen LogP contribution in [0.25, 0.3) is 6.08 Å². The quantitative estimate of drug-likeness (QED) is 0.807. The van der Waals surface area contributed by atoms with Crippen LogP contribution in [0.1, 0.15) is 12.5 Å². The van der Waals surface area contributed by atoms with Crippen LogP contribution in [0.2, 0.25) is 0 Å². The van der Waals surface area contributed by atoms with Crippen LogP contribution in [0, 0.1) is 0 Å². The monoisotopic (exact) mass is 291 g/mol. The van der Waals surface area contributed by atoms with Crippen molar-refractivity contribution < 1.29 is 14.4 Å². The number of piperazine rings is 1. The van der Waals surface area contributed by atoms with Gasteiger partial charge < -0.3 is 10.6 Å². The highest BCUT2D eigenvalue weighted by molar-refractivity contribution is 6.05. The Labute approximate surface area is 124 Å². The molecule has 2 rings (SSSR count). The third kappa shape index (κ3) is 5.37. The Bertz CT molecular complexity index is 500. The molecule has 21 heavy (non-hydrogen) atoms. The van der Waals surface area contributed by atoms with Gasteiger partial charge >= 0.3 is 0 Å². The Balaban J connectivity index is 0.000000677. The predicted octanol–water partition coefficient (Wildman–Crippen LogP) is 0.773. The number of nitrogens with one attached hydrogen (secondary N) is 2.